The zero-order chi connectivity index (χ0) is 13.8. The highest BCUT2D eigenvalue weighted by Gasteiger charge is 1.96. The summed E-state index contributed by atoms with van der Waals surface area (Å²) < 4.78 is 16.1. The molecule has 0 atom stereocenters. The van der Waals surface area contributed by atoms with Gasteiger partial charge in [-0.15, -0.1) is 0 Å². The fourth-order valence-corrected chi connectivity index (χ4v) is 1.62. The van der Waals surface area contributed by atoms with E-state index in [4.69, 9.17) is 19.5 Å². The molecule has 1 aromatic carbocycles. The second-order valence-electron chi connectivity index (χ2n) is 3.74. The zero-order valence-electron chi connectivity index (χ0n) is 10.8. The number of halogens is 1. The van der Waals surface area contributed by atoms with Crippen molar-refractivity contribution in [1.29, 1.82) is 5.26 Å². The summed E-state index contributed by atoms with van der Waals surface area (Å²) in [4.78, 5) is 0. The summed E-state index contributed by atoms with van der Waals surface area (Å²) in [5.74, 6) is 0.792. The lowest BCUT2D eigenvalue weighted by Gasteiger charge is -2.07. The molecule has 4 nitrogen and oxygen atoms in total. The lowest BCUT2D eigenvalue weighted by atomic mass is 10.2. The van der Waals surface area contributed by atoms with Crippen LogP contribution in [0.1, 0.15) is 5.56 Å². The smallest absolute Gasteiger partial charge is 0.119 e. The Morgan fingerprint density at radius 2 is 1.58 bits per heavy atom. The van der Waals surface area contributed by atoms with Crippen LogP contribution in [0.15, 0.2) is 24.3 Å². The van der Waals surface area contributed by atoms with Gasteiger partial charge < -0.3 is 14.2 Å². The van der Waals surface area contributed by atoms with Gasteiger partial charge in [-0.3, -0.25) is 0 Å². The molecule has 0 N–H and O–H groups in total. The molecule has 0 amide bonds. The van der Waals surface area contributed by atoms with Gasteiger partial charge in [0, 0.05) is 5.33 Å². The number of nitriles is 1. The zero-order valence-corrected chi connectivity index (χ0v) is 12.4. The summed E-state index contributed by atoms with van der Waals surface area (Å²) in [6.07, 6.45) is 0.428. The summed E-state index contributed by atoms with van der Waals surface area (Å²) in [6.45, 7) is 2.94. The van der Waals surface area contributed by atoms with Crippen LogP contribution in [0, 0.1) is 11.3 Å². The molecule has 104 valence electrons. The summed E-state index contributed by atoms with van der Waals surface area (Å²) >= 11 is 3.28. The van der Waals surface area contributed by atoms with Crippen LogP contribution in [0.25, 0.3) is 0 Å². The van der Waals surface area contributed by atoms with Crippen molar-refractivity contribution in [3.8, 4) is 11.8 Å². The maximum Gasteiger partial charge on any atom is 0.119 e. The van der Waals surface area contributed by atoms with Crippen LogP contribution in [0.3, 0.4) is 0 Å². The number of nitrogens with zero attached hydrogens (tertiary/aromatic N) is 1. The summed E-state index contributed by atoms with van der Waals surface area (Å²) in [6, 6.07) is 9.64. The van der Waals surface area contributed by atoms with Crippen LogP contribution in [-0.2, 0) is 15.9 Å². The van der Waals surface area contributed by atoms with E-state index in [-0.39, 0.29) is 0 Å². The van der Waals surface area contributed by atoms with Crippen molar-refractivity contribution in [3.63, 3.8) is 0 Å². The fraction of sp³-hybridized carbons (Fsp3) is 0.500. The maximum atomic E-state index is 8.56. The first-order valence-electron chi connectivity index (χ1n) is 6.17. The Morgan fingerprint density at radius 1 is 0.947 bits per heavy atom. The van der Waals surface area contributed by atoms with Gasteiger partial charge in [0.15, 0.2) is 0 Å². The van der Waals surface area contributed by atoms with Crippen LogP contribution in [-0.4, -0.2) is 38.4 Å². The lowest BCUT2D eigenvalue weighted by Crippen LogP contribution is -2.11. The van der Waals surface area contributed by atoms with Gasteiger partial charge in [-0.25, -0.2) is 0 Å². The van der Waals surface area contributed by atoms with Crippen LogP contribution in [0.2, 0.25) is 0 Å². The summed E-state index contributed by atoms with van der Waals surface area (Å²) in [5.41, 5.74) is 0.995. The van der Waals surface area contributed by atoms with Gasteiger partial charge in [-0.2, -0.15) is 5.26 Å². The van der Waals surface area contributed by atoms with E-state index >= 15 is 0 Å². The molecule has 0 radical (unpaired) electrons. The predicted molar refractivity (Wildman–Crippen MR) is 76.7 cm³/mol. The van der Waals surface area contributed by atoms with Gasteiger partial charge >= 0.3 is 0 Å². The van der Waals surface area contributed by atoms with Gasteiger partial charge in [-0.05, 0) is 17.7 Å². The van der Waals surface area contributed by atoms with Crippen LogP contribution in [0.5, 0.6) is 5.75 Å². The molecule has 0 aromatic heterocycles. The third-order valence-corrected chi connectivity index (χ3v) is 2.62. The molecule has 1 rings (SSSR count). The minimum absolute atomic E-state index is 0.428. The molecule has 0 heterocycles. The Balaban J connectivity index is 2.04. The van der Waals surface area contributed by atoms with Crippen molar-refractivity contribution in [1.82, 2.24) is 0 Å². The van der Waals surface area contributed by atoms with Gasteiger partial charge in [0.1, 0.15) is 12.4 Å². The maximum absolute atomic E-state index is 8.56. The molecule has 19 heavy (non-hydrogen) atoms. The predicted octanol–water partition coefficient (Wildman–Crippen LogP) is 2.56. The minimum atomic E-state index is 0.428. The average Bonchev–Trinajstić information content (AvgIpc) is 2.44. The van der Waals surface area contributed by atoms with Gasteiger partial charge in [0.2, 0.25) is 0 Å². The standard InChI is InChI=1S/C14H18BrNO3/c15-6-8-17-9-10-18-11-12-19-14-3-1-13(2-4-14)5-7-16/h1-4H,5-6,8-12H2. The van der Waals surface area contributed by atoms with Gasteiger partial charge in [0.05, 0.1) is 38.9 Å². The van der Waals surface area contributed by atoms with Gasteiger partial charge in [0.25, 0.3) is 0 Å². The summed E-state index contributed by atoms with van der Waals surface area (Å²) in [7, 11) is 0. The number of rotatable bonds is 10. The third kappa shape index (κ3) is 7.83. The topological polar surface area (TPSA) is 51.5 Å². The number of alkyl halides is 1. The highest BCUT2D eigenvalue weighted by molar-refractivity contribution is 9.09. The Kier molecular flexibility index (Phi) is 9.07. The minimum Gasteiger partial charge on any atom is -0.491 e. The monoisotopic (exact) mass is 327 g/mol. The summed E-state index contributed by atoms with van der Waals surface area (Å²) in [5, 5.41) is 9.40. The number of benzene rings is 1. The van der Waals surface area contributed by atoms with Crippen molar-refractivity contribution in [3.05, 3.63) is 29.8 Å². The molecule has 0 saturated heterocycles. The Hall–Kier alpha value is -1.09. The van der Waals surface area contributed by atoms with E-state index < -0.39 is 0 Å². The number of hydrogen-bond donors (Lipinski definition) is 0. The molecule has 0 fully saturated rings. The fourth-order valence-electron chi connectivity index (χ4n) is 1.39. The SMILES string of the molecule is N#CCc1ccc(OCCOCCOCCBr)cc1. The highest BCUT2D eigenvalue weighted by Crippen LogP contribution is 2.12. The van der Waals surface area contributed by atoms with E-state index in [0.717, 1.165) is 16.6 Å². The second kappa shape index (κ2) is 10.8. The lowest BCUT2D eigenvalue weighted by molar-refractivity contribution is 0.0414. The molecule has 1 aromatic rings. The quantitative estimate of drug-likeness (QED) is 0.489. The molecule has 5 heteroatoms. The van der Waals surface area contributed by atoms with Crippen molar-refractivity contribution in [2.24, 2.45) is 0 Å². The van der Waals surface area contributed by atoms with E-state index in [0.29, 0.717) is 39.5 Å². The van der Waals surface area contributed by atoms with E-state index in [1.165, 1.54) is 0 Å². The second-order valence-corrected chi connectivity index (χ2v) is 4.53. The molecule has 0 aliphatic heterocycles. The molecule has 0 bridgehead atoms. The van der Waals surface area contributed by atoms with Gasteiger partial charge in [-0.1, -0.05) is 28.1 Å². The van der Waals surface area contributed by atoms with Crippen LogP contribution < -0.4 is 4.74 Å². The van der Waals surface area contributed by atoms with Crippen molar-refractivity contribution >= 4 is 15.9 Å². The van der Waals surface area contributed by atoms with Crippen LogP contribution >= 0.6 is 15.9 Å². The number of ether oxygens (including phenoxy) is 3. The first-order valence-corrected chi connectivity index (χ1v) is 7.29. The Morgan fingerprint density at radius 3 is 2.21 bits per heavy atom. The molecular weight excluding hydrogens is 310 g/mol. The molecule has 0 aliphatic rings. The van der Waals surface area contributed by atoms with Crippen LogP contribution in [0.4, 0.5) is 0 Å². The molecule has 0 spiro atoms. The van der Waals surface area contributed by atoms with E-state index in [1.807, 2.05) is 24.3 Å². The van der Waals surface area contributed by atoms with Crippen molar-refractivity contribution in [2.45, 2.75) is 6.42 Å². The van der Waals surface area contributed by atoms with Crippen molar-refractivity contribution < 1.29 is 14.2 Å². The highest BCUT2D eigenvalue weighted by atomic mass is 79.9. The molecular formula is C14H18BrNO3. The van der Waals surface area contributed by atoms with E-state index in [2.05, 4.69) is 22.0 Å². The molecule has 0 unspecified atom stereocenters. The molecule has 0 saturated carbocycles. The Labute approximate surface area is 122 Å². The Bertz CT molecular complexity index is 375. The third-order valence-electron chi connectivity index (χ3n) is 2.30. The molecule has 0 aliphatic carbocycles. The number of hydrogen-bond acceptors (Lipinski definition) is 4. The van der Waals surface area contributed by atoms with Crippen molar-refractivity contribution in [2.75, 3.05) is 38.4 Å². The first kappa shape index (κ1) is 16.0. The largest absolute Gasteiger partial charge is 0.491 e. The average molecular weight is 328 g/mol. The van der Waals surface area contributed by atoms with E-state index in [9.17, 15) is 0 Å². The first-order chi connectivity index (χ1) is 9.36. The van der Waals surface area contributed by atoms with E-state index in [1.54, 1.807) is 0 Å². The normalized spacial score (nSPS) is 10.1.